The highest BCUT2D eigenvalue weighted by Gasteiger charge is 2.36. The lowest BCUT2D eigenvalue weighted by molar-refractivity contribution is -0.169. The predicted octanol–water partition coefficient (Wildman–Crippen LogP) is 8.51. The van der Waals surface area contributed by atoms with Gasteiger partial charge in [-0.25, -0.2) is 4.79 Å². The van der Waals surface area contributed by atoms with E-state index in [1.165, 1.54) is 12.1 Å². The number of benzene rings is 4. The highest BCUT2D eigenvalue weighted by Crippen LogP contribution is 2.36. The maximum absolute atomic E-state index is 13.5. The van der Waals surface area contributed by atoms with Crippen LogP contribution in [0.4, 0.5) is 24.5 Å². The highest BCUT2D eigenvalue weighted by atomic mass is 19.4. The molecule has 1 fully saturated rings. The third kappa shape index (κ3) is 8.68. The Kier molecular flexibility index (Phi) is 11.4. The van der Waals surface area contributed by atoms with Gasteiger partial charge in [0.25, 0.3) is 5.91 Å². The molecule has 10 heteroatoms. The van der Waals surface area contributed by atoms with E-state index in [9.17, 15) is 27.6 Å². The number of piperidine rings is 1. The Hall–Kier alpha value is -5.12. The zero-order chi connectivity index (χ0) is 35.0. The molecule has 1 aliphatic rings. The maximum Gasteiger partial charge on any atom is 0.416 e. The minimum absolute atomic E-state index is 0.00847. The summed E-state index contributed by atoms with van der Waals surface area (Å²) >= 11 is 0. The van der Waals surface area contributed by atoms with Gasteiger partial charge in [-0.1, -0.05) is 67.6 Å². The molecule has 2 atom stereocenters. The van der Waals surface area contributed by atoms with Crippen molar-refractivity contribution in [3.05, 3.63) is 120 Å². The van der Waals surface area contributed by atoms with E-state index in [4.69, 9.17) is 9.47 Å². The van der Waals surface area contributed by atoms with Crippen LogP contribution in [0.3, 0.4) is 0 Å². The summed E-state index contributed by atoms with van der Waals surface area (Å²) in [6.45, 7) is 5.10. The van der Waals surface area contributed by atoms with Crippen LogP contribution < -0.4 is 10.2 Å². The van der Waals surface area contributed by atoms with Crippen molar-refractivity contribution >= 4 is 29.2 Å². The summed E-state index contributed by atoms with van der Waals surface area (Å²) in [5.74, 6) is -1.85. The molecule has 1 N–H and O–H groups in total. The molecular formula is C39H39F3N2O5. The van der Waals surface area contributed by atoms with Crippen molar-refractivity contribution in [3.8, 4) is 11.1 Å². The highest BCUT2D eigenvalue weighted by molar-refractivity contribution is 6.08. The number of ether oxygens (including phenoxy) is 2. The van der Waals surface area contributed by atoms with Gasteiger partial charge in [0.2, 0.25) is 0 Å². The minimum atomic E-state index is -4.44. The molecule has 0 aliphatic carbocycles. The molecule has 5 rings (SSSR count). The summed E-state index contributed by atoms with van der Waals surface area (Å²) in [5, 5.41) is 2.90. The standard InChI is InChI=1S/C39H39F3N2O5/c1-3-34(37(46)48-4-2)49-38(47)35(27-10-6-5-7-11-27)28-22-24-44(25-23-28)31-20-18-30(19-21-31)43-36(45)33-13-9-8-12-32(33)26-14-16-29(17-15-26)39(40,41)42/h5-21,28,34-35H,3-4,22-25H2,1-2H3,(H,43,45). The molecule has 2 unspecified atom stereocenters. The first kappa shape index (κ1) is 35.2. The van der Waals surface area contributed by atoms with Crippen LogP contribution in [0.5, 0.6) is 0 Å². The third-order valence-electron chi connectivity index (χ3n) is 8.79. The fourth-order valence-electron chi connectivity index (χ4n) is 6.22. The van der Waals surface area contributed by atoms with Crippen molar-refractivity contribution in [2.75, 3.05) is 29.9 Å². The molecule has 4 aromatic carbocycles. The number of anilines is 2. The SMILES string of the molecule is CCOC(=O)C(CC)OC(=O)C(c1ccccc1)C1CCN(c2ccc(NC(=O)c3ccccc3-c3ccc(C(F)(F)F)cc3)cc2)CC1. The smallest absolute Gasteiger partial charge is 0.416 e. The first-order valence-corrected chi connectivity index (χ1v) is 16.4. The molecule has 1 amide bonds. The number of nitrogens with zero attached hydrogens (tertiary/aromatic N) is 1. The quantitative estimate of drug-likeness (QED) is 0.161. The second-order valence-electron chi connectivity index (χ2n) is 11.9. The number of rotatable bonds is 11. The van der Waals surface area contributed by atoms with Gasteiger partial charge < -0.3 is 19.7 Å². The Bertz CT molecular complexity index is 1720. The first-order chi connectivity index (χ1) is 23.6. The Balaban J connectivity index is 1.23. The number of carbonyl (C=O) groups is 3. The zero-order valence-corrected chi connectivity index (χ0v) is 27.4. The minimum Gasteiger partial charge on any atom is -0.463 e. The number of nitrogens with one attached hydrogen (secondary N) is 1. The molecule has 1 saturated heterocycles. The first-order valence-electron chi connectivity index (χ1n) is 16.4. The second-order valence-corrected chi connectivity index (χ2v) is 11.9. The van der Waals surface area contributed by atoms with Gasteiger partial charge in [0.15, 0.2) is 6.10 Å². The molecular weight excluding hydrogens is 633 g/mol. The Labute approximate surface area is 284 Å². The van der Waals surface area contributed by atoms with Crippen molar-refractivity contribution in [2.24, 2.45) is 5.92 Å². The van der Waals surface area contributed by atoms with Crippen LogP contribution in [0.1, 0.15) is 60.5 Å². The largest absolute Gasteiger partial charge is 0.463 e. The van der Waals surface area contributed by atoms with E-state index >= 15 is 0 Å². The molecule has 4 aromatic rings. The van der Waals surface area contributed by atoms with Crippen LogP contribution in [-0.2, 0) is 25.2 Å². The molecule has 0 spiro atoms. The van der Waals surface area contributed by atoms with E-state index in [1.807, 2.05) is 54.6 Å². The average molecular weight is 673 g/mol. The summed E-state index contributed by atoms with van der Waals surface area (Å²) in [6, 6.07) is 28.5. The van der Waals surface area contributed by atoms with Gasteiger partial charge in [-0.15, -0.1) is 0 Å². The second kappa shape index (κ2) is 15.9. The maximum atomic E-state index is 13.5. The van der Waals surface area contributed by atoms with Crippen LogP contribution in [-0.4, -0.2) is 43.6 Å². The molecule has 256 valence electrons. The van der Waals surface area contributed by atoms with Gasteiger partial charge in [0, 0.05) is 30.0 Å². The third-order valence-corrected chi connectivity index (χ3v) is 8.79. The number of amides is 1. The summed E-state index contributed by atoms with van der Waals surface area (Å²) in [5.41, 5.74) is 3.01. The summed E-state index contributed by atoms with van der Waals surface area (Å²) in [4.78, 5) is 41.4. The number of carbonyl (C=O) groups excluding carboxylic acids is 3. The van der Waals surface area contributed by atoms with Crippen molar-refractivity contribution < 1.29 is 37.0 Å². The monoisotopic (exact) mass is 672 g/mol. The number of hydrogen-bond donors (Lipinski definition) is 1. The Morgan fingerprint density at radius 2 is 1.45 bits per heavy atom. The van der Waals surface area contributed by atoms with E-state index in [0.29, 0.717) is 41.9 Å². The van der Waals surface area contributed by atoms with Crippen LogP contribution in [0, 0.1) is 5.92 Å². The van der Waals surface area contributed by atoms with E-state index in [1.54, 1.807) is 38.1 Å². The fourth-order valence-corrected chi connectivity index (χ4v) is 6.22. The van der Waals surface area contributed by atoms with Crippen molar-refractivity contribution in [3.63, 3.8) is 0 Å². The van der Waals surface area contributed by atoms with Gasteiger partial charge in [0.1, 0.15) is 0 Å². The van der Waals surface area contributed by atoms with E-state index in [2.05, 4.69) is 10.2 Å². The number of halogens is 3. The molecule has 0 radical (unpaired) electrons. The molecule has 0 bridgehead atoms. The average Bonchev–Trinajstić information content (AvgIpc) is 3.11. The lowest BCUT2D eigenvalue weighted by Crippen LogP contribution is -2.39. The summed E-state index contributed by atoms with van der Waals surface area (Å²) < 4.78 is 50.0. The summed E-state index contributed by atoms with van der Waals surface area (Å²) in [7, 11) is 0. The number of hydrogen-bond acceptors (Lipinski definition) is 6. The van der Waals surface area contributed by atoms with Crippen LogP contribution in [0.25, 0.3) is 11.1 Å². The van der Waals surface area contributed by atoms with Crippen LogP contribution in [0.2, 0.25) is 0 Å². The van der Waals surface area contributed by atoms with Gasteiger partial charge in [-0.2, -0.15) is 13.2 Å². The van der Waals surface area contributed by atoms with Crippen molar-refractivity contribution in [1.82, 2.24) is 0 Å². The van der Waals surface area contributed by atoms with Crippen LogP contribution >= 0.6 is 0 Å². The van der Waals surface area contributed by atoms with Crippen molar-refractivity contribution in [2.45, 2.75) is 51.3 Å². The molecule has 1 aliphatic heterocycles. The fraction of sp³-hybridized carbons (Fsp3) is 0.308. The Morgan fingerprint density at radius 3 is 2.06 bits per heavy atom. The van der Waals surface area contributed by atoms with Gasteiger partial charge in [-0.3, -0.25) is 9.59 Å². The van der Waals surface area contributed by atoms with Gasteiger partial charge >= 0.3 is 18.1 Å². The van der Waals surface area contributed by atoms with E-state index in [-0.39, 0.29) is 18.4 Å². The van der Waals surface area contributed by atoms with Crippen molar-refractivity contribution in [1.29, 1.82) is 0 Å². The topological polar surface area (TPSA) is 84.9 Å². The van der Waals surface area contributed by atoms with Gasteiger partial charge in [0.05, 0.1) is 18.1 Å². The molecule has 1 heterocycles. The van der Waals surface area contributed by atoms with E-state index in [0.717, 1.165) is 36.2 Å². The zero-order valence-electron chi connectivity index (χ0n) is 27.4. The molecule has 7 nitrogen and oxygen atoms in total. The molecule has 49 heavy (non-hydrogen) atoms. The number of alkyl halides is 3. The Morgan fingerprint density at radius 1 is 0.816 bits per heavy atom. The predicted molar refractivity (Wildman–Crippen MR) is 182 cm³/mol. The molecule has 0 saturated carbocycles. The van der Waals surface area contributed by atoms with E-state index < -0.39 is 35.7 Å². The lowest BCUT2D eigenvalue weighted by atomic mass is 9.80. The number of esters is 2. The normalized spacial score (nSPS) is 14.8. The van der Waals surface area contributed by atoms with Crippen LogP contribution in [0.15, 0.2) is 103 Å². The summed E-state index contributed by atoms with van der Waals surface area (Å²) in [6.07, 6.45) is -3.61. The lowest BCUT2D eigenvalue weighted by Gasteiger charge is -2.37. The molecule has 0 aromatic heterocycles. The van der Waals surface area contributed by atoms with Gasteiger partial charge in [-0.05, 0) is 91.3 Å².